The Kier molecular flexibility index (Phi) is 4.66. The first-order valence-electron chi connectivity index (χ1n) is 6.23. The van der Waals surface area contributed by atoms with Crippen LogP contribution in [0.4, 0.5) is 0 Å². The van der Waals surface area contributed by atoms with E-state index in [1.807, 2.05) is 4.68 Å². The summed E-state index contributed by atoms with van der Waals surface area (Å²) in [7, 11) is 0. The molecule has 1 rings (SSSR count). The largest absolute Gasteiger partial charge is 0.369 e. The van der Waals surface area contributed by atoms with E-state index < -0.39 is 0 Å². The van der Waals surface area contributed by atoms with Crippen LogP contribution in [0.5, 0.6) is 0 Å². The molecule has 0 fully saturated rings. The molecule has 0 spiro atoms. The second-order valence-corrected chi connectivity index (χ2v) is 4.63. The van der Waals surface area contributed by atoms with Gasteiger partial charge in [-0.25, -0.2) is 4.68 Å². The molecule has 0 unspecified atom stereocenters. The Balaban J connectivity index is 3.14. The molecular formula is C12H22N4O. The van der Waals surface area contributed by atoms with Crippen LogP contribution >= 0.6 is 0 Å². The van der Waals surface area contributed by atoms with Crippen LogP contribution in [-0.2, 0) is 11.2 Å². The quantitative estimate of drug-likeness (QED) is 0.821. The summed E-state index contributed by atoms with van der Waals surface area (Å²) in [4.78, 5) is 11.0. The molecular weight excluding hydrogens is 216 g/mol. The van der Waals surface area contributed by atoms with Gasteiger partial charge in [-0.3, -0.25) is 4.79 Å². The van der Waals surface area contributed by atoms with Crippen molar-refractivity contribution in [2.75, 3.05) is 0 Å². The van der Waals surface area contributed by atoms with Crippen LogP contribution in [0.15, 0.2) is 0 Å². The summed E-state index contributed by atoms with van der Waals surface area (Å²) in [5, 5.41) is 8.30. The van der Waals surface area contributed by atoms with E-state index in [0.29, 0.717) is 12.0 Å². The summed E-state index contributed by atoms with van der Waals surface area (Å²) < 4.78 is 1.96. The minimum Gasteiger partial charge on any atom is -0.369 e. The maximum atomic E-state index is 11.0. The topological polar surface area (TPSA) is 73.8 Å². The lowest BCUT2D eigenvalue weighted by Crippen LogP contribution is -2.17. The summed E-state index contributed by atoms with van der Waals surface area (Å²) >= 11 is 0. The molecule has 0 atom stereocenters. The Morgan fingerprint density at radius 3 is 2.35 bits per heavy atom. The SMILES string of the molecule is CCC(CC)n1nnc(CC(N)=O)c1C(C)C. The summed E-state index contributed by atoms with van der Waals surface area (Å²) in [6.07, 6.45) is 2.19. The monoisotopic (exact) mass is 238 g/mol. The fourth-order valence-corrected chi connectivity index (χ4v) is 2.13. The van der Waals surface area contributed by atoms with Crippen molar-refractivity contribution >= 4 is 5.91 Å². The highest BCUT2D eigenvalue weighted by Crippen LogP contribution is 2.24. The minimum atomic E-state index is -0.358. The molecule has 0 aliphatic carbocycles. The second kappa shape index (κ2) is 5.80. The summed E-state index contributed by atoms with van der Waals surface area (Å²) in [6, 6.07) is 0.349. The summed E-state index contributed by atoms with van der Waals surface area (Å²) in [5.74, 6) is -0.0663. The molecule has 0 aromatic carbocycles. The molecule has 17 heavy (non-hydrogen) atoms. The van der Waals surface area contributed by atoms with Crippen LogP contribution in [0.1, 0.15) is 63.9 Å². The van der Waals surface area contributed by atoms with E-state index in [2.05, 4.69) is 38.0 Å². The lowest BCUT2D eigenvalue weighted by Gasteiger charge is -2.18. The minimum absolute atomic E-state index is 0.174. The van der Waals surface area contributed by atoms with Gasteiger partial charge >= 0.3 is 0 Å². The summed E-state index contributed by atoms with van der Waals surface area (Å²) in [5.41, 5.74) is 6.99. The smallest absolute Gasteiger partial charge is 0.223 e. The van der Waals surface area contributed by atoms with Crippen LogP contribution in [0.25, 0.3) is 0 Å². The average Bonchev–Trinajstić information content (AvgIpc) is 2.63. The Morgan fingerprint density at radius 1 is 1.35 bits per heavy atom. The molecule has 0 aliphatic heterocycles. The molecule has 1 amide bonds. The second-order valence-electron chi connectivity index (χ2n) is 4.63. The number of carbonyl (C=O) groups excluding carboxylic acids is 1. The molecule has 0 saturated carbocycles. The standard InChI is InChI=1S/C12H22N4O/c1-5-9(6-2)16-12(8(3)4)10(14-15-16)7-11(13)17/h8-9H,5-7H2,1-4H3,(H2,13,17). The molecule has 0 bridgehead atoms. The highest BCUT2D eigenvalue weighted by Gasteiger charge is 2.21. The third-order valence-corrected chi connectivity index (χ3v) is 2.98. The molecule has 96 valence electrons. The Labute approximate surface area is 102 Å². The molecule has 5 nitrogen and oxygen atoms in total. The number of rotatable bonds is 6. The molecule has 0 saturated heterocycles. The van der Waals surface area contributed by atoms with Crippen LogP contribution in [0.3, 0.4) is 0 Å². The number of aromatic nitrogens is 3. The van der Waals surface area contributed by atoms with Crippen molar-refractivity contribution in [1.82, 2.24) is 15.0 Å². The van der Waals surface area contributed by atoms with Gasteiger partial charge in [-0.05, 0) is 18.8 Å². The van der Waals surface area contributed by atoms with Crippen LogP contribution < -0.4 is 5.73 Å². The zero-order chi connectivity index (χ0) is 13.0. The maximum Gasteiger partial charge on any atom is 0.223 e. The van der Waals surface area contributed by atoms with E-state index >= 15 is 0 Å². The maximum absolute atomic E-state index is 11.0. The predicted octanol–water partition coefficient (Wildman–Crippen LogP) is 1.79. The van der Waals surface area contributed by atoms with Gasteiger partial charge in [-0.15, -0.1) is 5.10 Å². The third kappa shape index (κ3) is 3.05. The number of carbonyl (C=O) groups is 1. The van der Waals surface area contributed by atoms with Crippen molar-refractivity contribution in [3.8, 4) is 0 Å². The number of hydrogen-bond donors (Lipinski definition) is 1. The van der Waals surface area contributed by atoms with Crippen LogP contribution in [0.2, 0.25) is 0 Å². The Bertz CT molecular complexity index is 380. The molecule has 1 aromatic heterocycles. The van der Waals surface area contributed by atoms with Crippen molar-refractivity contribution in [1.29, 1.82) is 0 Å². The van der Waals surface area contributed by atoms with Gasteiger partial charge in [0.2, 0.25) is 5.91 Å². The van der Waals surface area contributed by atoms with E-state index in [-0.39, 0.29) is 12.3 Å². The zero-order valence-corrected chi connectivity index (χ0v) is 11.1. The Morgan fingerprint density at radius 2 is 1.94 bits per heavy atom. The first-order chi connectivity index (χ1) is 8.01. The van der Waals surface area contributed by atoms with E-state index in [1.54, 1.807) is 0 Å². The van der Waals surface area contributed by atoms with Gasteiger partial charge in [0, 0.05) is 0 Å². The zero-order valence-electron chi connectivity index (χ0n) is 11.1. The lowest BCUT2D eigenvalue weighted by atomic mass is 10.0. The predicted molar refractivity (Wildman–Crippen MR) is 66.6 cm³/mol. The van der Waals surface area contributed by atoms with E-state index in [0.717, 1.165) is 24.2 Å². The summed E-state index contributed by atoms with van der Waals surface area (Å²) in [6.45, 7) is 8.44. The molecule has 0 radical (unpaired) electrons. The average molecular weight is 238 g/mol. The number of hydrogen-bond acceptors (Lipinski definition) is 3. The van der Waals surface area contributed by atoms with Gasteiger partial charge in [0.15, 0.2) is 0 Å². The van der Waals surface area contributed by atoms with Gasteiger partial charge in [0.05, 0.1) is 23.9 Å². The molecule has 5 heteroatoms. The van der Waals surface area contributed by atoms with Crippen molar-refractivity contribution < 1.29 is 4.79 Å². The van der Waals surface area contributed by atoms with E-state index in [4.69, 9.17) is 5.73 Å². The van der Waals surface area contributed by atoms with E-state index in [9.17, 15) is 4.79 Å². The van der Waals surface area contributed by atoms with Crippen molar-refractivity contribution in [3.05, 3.63) is 11.4 Å². The van der Waals surface area contributed by atoms with Gasteiger partial charge < -0.3 is 5.73 Å². The van der Waals surface area contributed by atoms with Gasteiger partial charge in [-0.2, -0.15) is 0 Å². The van der Waals surface area contributed by atoms with Crippen molar-refractivity contribution in [2.45, 2.75) is 58.9 Å². The fraction of sp³-hybridized carbons (Fsp3) is 0.750. The highest BCUT2D eigenvalue weighted by atomic mass is 16.1. The third-order valence-electron chi connectivity index (χ3n) is 2.98. The van der Waals surface area contributed by atoms with Crippen molar-refractivity contribution in [2.24, 2.45) is 5.73 Å². The van der Waals surface area contributed by atoms with E-state index in [1.165, 1.54) is 0 Å². The molecule has 1 aromatic rings. The number of nitrogens with zero attached hydrogens (tertiary/aromatic N) is 3. The lowest BCUT2D eigenvalue weighted by molar-refractivity contribution is -0.117. The highest BCUT2D eigenvalue weighted by molar-refractivity contribution is 5.76. The van der Waals surface area contributed by atoms with Crippen molar-refractivity contribution in [3.63, 3.8) is 0 Å². The Hall–Kier alpha value is -1.39. The number of nitrogens with two attached hydrogens (primary N) is 1. The van der Waals surface area contributed by atoms with Crippen LogP contribution in [0, 0.1) is 0 Å². The molecule has 0 aliphatic rings. The van der Waals surface area contributed by atoms with Crippen LogP contribution in [-0.4, -0.2) is 20.9 Å². The van der Waals surface area contributed by atoms with Gasteiger partial charge in [0.25, 0.3) is 0 Å². The molecule has 2 N–H and O–H groups in total. The fourth-order valence-electron chi connectivity index (χ4n) is 2.13. The first kappa shape index (κ1) is 13.7. The number of primary amides is 1. The van der Waals surface area contributed by atoms with Gasteiger partial charge in [0.1, 0.15) is 0 Å². The first-order valence-corrected chi connectivity index (χ1v) is 6.23. The molecule has 1 heterocycles. The normalized spacial score (nSPS) is 11.4. The van der Waals surface area contributed by atoms with Gasteiger partial charge in [-0.1, -0.05) is 32.9 Å². The number of amides is 1.